The van der Waals surface area contributed by atoms with Crippen molar-refractivity contribution in [3.8, 4) is 11.5 Å². The Kier molecular flexibility index (Phi) is 7.79. The molecule has 1 atom stereocenters. The lowest BCUT2D eigenvalue weighted by Gasteiger charge is -2.33. The van der Waals surface area contributed by atoms with Gasteiger partial charge in [-0.3, -0.25) is 4.90 Å². The largest absolute Gasteiger partial charge is 0.445 e. The molecule has 2 aromatic rings. The first-order valence-electron chi connectivity index (χ1n) is 11.2. The lowest BCUT2D eigenvalue weighted by molar-refractivity contribution is -0.0405. The van der Waals surface area contributed by atoms with Gasteiger partial charge in [0.15, 0.2) is 0 Å². The van der Waals surface area contributed by atoms with E-state index in [-0.39, 0.29) is 12.8 Å². The highest BCUT2D eigenvalue weighted by atomic mass is 28.3. The molecule has 0 saturated carbocycles. The molecule has 0 unspecified atom stereocenters. The van der Waals surface area contributed by atoms with Gasteiger partial charge in [0.25, 0.3) is 0 Å². The maximum Gasteiger partial charge on any atom is 0.412 e. The van der Waals surface area contributed by atoms with Crippen molar-refractivity contribution in [2.45, 2.75) is 64.6 Å². The standard InChI is InChI=1S/C24H36N2O5Si/c1-24(2,3)31-23(27)26(17-28-14-15-32(4,5)6)16-21-19-8-7-9-20(18(19)10-12-29-21)22-25-11-13-30-22/h7-9,11,13,21H,10,12,14-17H2,1-6H3/t21-/m0/s1. The van der Waals surface area contributed by atoms with Gasteiger partial charge in [0.1, 0.15) is 24.7 Å². The average molecular weight is 461 g/mol. The third kappa shape index (κ3) is 6.92. The number of nitrogens with zero attached hydrogens (tertiary/aromatic N) is 2. The van der Waals surface area contributed by atoms with Crippen molar-refractivity contribution in [1.29, 1.82) is 0 Å². The quantitative estimate of drug-likeness (QED) is 0.294. The van der Waals surface area contributed by atoms with Crippen molar-refractivity contribution < 1.29 is 23.4 Å². The minimum absolute atomic E-state index is 0.175. The summed E-state index contributed by atoms with van der Waals surface area (Å²) < 4.78 is 23.2. The van der Waals surface area contributed by atoms with Gasteiger partial charge < -0.3 is 18.6 Å². The van der Waals surface area contributed by atoms with E-state index < -0.39 is 19.8 Å². The van der Waals surface area contributed by atoms with Gasteiger partial charge in [0.05, 0.1) is 19.3 Å². The maximum atomic E-state index is 12.9. The zero-order chi connectivity index (χ0) is 23.4. The molecule has 1 amide bonds. The highest BCUT2D eigenvalue weighted by molar-refractivity contribution is 6.76. The first-order chi connectivity index (χ1) is 15.0. The van der Waals surface area contributed by atoms with Crippen molar-refractivity contribution in [3.63, 3.8) is 0 Å². The number of rotatable bonds is 8. The monoisotopic (exact) mass is 460 g/mol. The fourth-order valence-corrected chi connectivity index (χ4v) is 4.30. The van der Waals surface area contributed by atoms with E-state index in [1.54, 1.807) is 17.4 Å². The molecule has 3 rings (SSSR count). The highest BCUT2D eigenvalue weighted by Crippen LogP contribution is 2.34. The Labute approximate surface area is 192 Å². The van der Waals surface area contributed by atoms with E-state index in [9.17, 15) is 4.79 Å². The fourth-order valence-electron chi connectivity index (χ4n) is 3.55. The van der Waals surface area contributed by atoms with Crippen molar-refractivity contribution >= 4 is 14.2 Å². The predicted molar refractivity (Wildman–Crippen MR) is 126 cm³/mol. The minimum Gasteiger partial charge on any atom is -0.445 e. The number of ether oxygens (including phenoxy) is 3. The normalized spacial score (nSPS) is 16.5. The summed E-state index contributed by atoms with van der Waals surface area (Å²) in [6.07, 6.45) is 3.32. The third-order valence-electron chi connectivity index (χ3n) is 5.17. The Morgan fingerprint density at radius 2 is 2.06 bits per heavy atom. The van der Waals surface area contributed by atoms with Crippen LogP contribution in [0.4, 0.5) is 4.79 Å². The van der Waals surface area contributed by atoms with Crippen LogP contribution in [-0.2, 0) is 20.6 Å². The highest BCUT2D eigenvalue weighted by Gasteiger charge is 2.30. The summed E-state index contributed by atoms with van der Waals surface area (Å²) >= 11 is 0. The molecule has 0 radical (unpaired) electrons. The van der Waals surface area contributed by atoms with Crippen LogP contribution in [0.3, 0.4) is 0 Å². The molecule has 0 fully saturated rings. The van der Waals surface area contributed by atoms with E-state index in [1.165, 1.54) is 0 Å². The van der Waals surface area contributed by atoms with Crippen molar-refractivity contribution in [1.82, 2.24) is 9.88 Å². The molecule has 1 aromatic heterocycles. The van der Waals surface area contributed by atoms with E-state index in [4.69, 9.17) is 18.6 Å². The van der Waals surface area contributed by atoms with Crippen LogP contribution in [0, 0.1) is 0 Å². The molecule has 176 valence electrons. The number of carbonyl (C=O) groups is 1. The van der Waals surface area contributed by atoms with E-state index in [2.05, 4.69) is 24.6 Å². The first-order valence-corrected chi connectivity index (χ1v) is 14.9. The average Bonchev–Trinajstić information content (AvgIpc) is 3.22. The van der Waals surface area contributed by atoms with Crippen LogP contribution in [0.25, 0.3) is 11.5 Å². The number of amides is 1. The third-order valence-corrected chi connectivity index (χ3v) is 6.88. The molecule has 32 heavy (non-hydrogen) atoms. The Hall–Kier alpha value is -2.16. The second-order valence-corrected chi connectivity index (χ2v) is 16.0. The molecule has 0 bridgehead atoms. The summed E-state index contributed by atoms with van der Waals surface area (Å²) in [7, 11) is -1.22. The second-order valence-electron chi connectivity index (χ2n) is 10.4. The number of hydrogen-bond donors (Lipinski definition) is 0. The zero-order valence-electron chi connectivity index (χ0n) is 20.1. The van der Waals surface area contributed by atoms with Crippen LogP contribution in [-0.4, -0.2) is 56.1 Å². The van der Waals surface area contributed by atoms with Gasteiger partial charge in [0.2, 0.25) is 5.89 Å². The minimum atomic E-state index is -1.22. The topological polar surface area (TPSA) is 74.0 Å². The van der Waals surface area contributed by atoms with Crippen LogP contribution < -0.4 is 0 Å². The van der Waals surface area contributed by atoms with Crippen LogP contribution >= 0.6 is 0 Å². The molecule has 1 aromatic carbocycles. The molecular weight excluding hydrogens is 424 g/mol. The van der Waals surface area contributed by atoms with Gasteiger partial charge in [-0.2, -0.15) is 0 Å². The molecule has 0 N–H and O–H groups in total. The lowest BCUT2D eigenvalue weighted by Crippen LogP contribution is -2.42. The zero-order valence-corrected chi connectivity index (χ0v) is 21.1. The molecule has 7 nitrogen and oxygen atoms in total. The summed E-state index contributed by atoms with van der Waals surface area (Å²) in [5, 5.41) is 0. The summed E-state index contributed by atoms with van der Waals surface area (Å²) in [5.41, 5.74) is 2.57. The van der Waals surface area contributed by atoms with E-state index >= 15 is 0 Å². The molecule has 2 heterocycles. The van der Waals surface area contributed by atoms with Gasteiger partial charge >= 0.3 is 6.09 Å². The number of oxazole rings is 1. The van der Waals surface area contributed by atoms with Gasteiger partial charge in [-0.05, 0) is 50.4 Å². The molecule has 0 saturated heterocycles. The summed E-state index contributed by atoms with van der Waals surface area (Å²) in [6, 6.07) is 7.07. The van der Waals surface area contributed by atoms with Crippen molar-refractivity contribution in [2.75, 3.05) is 26.5 Å². The fraction of sp³-hybridized carbons (Fsp3) is 0.583. The summed E-state index contributed by atoms with van der Waals surface area (Å²) in [4.78, 5) is 18.9. The number of carbonyl (C=O) groups excluding carboxylic acids is 1. The van der Waals surface area contributed by atoms with Crippen LogP contribution in [0.5, 0.6) is 0 Å². The van der Waals surface area contributed by atoms with Crippen LogP contribution in [0.1, 0.15) is 38.0 Å². The predicted octanol–water partition coefficient (Wildman–Crippen LogP) is 5.50. The Morgan fingerprint density at radius 1 is 1.28 bits per heavy atom. The van der Waals surface area contributed by atoms with Gasteiger partial charge in [-0.1, -0.05) is 31.8 Å². The Morgan fingerprint density at radius 3 is 2.72 bits per heavy atom. The maximum absolute atomic E-state index is 12.9. The number of fused-ring (bicyclic) bond motifs is 1. The molecule has 1 aliphatic heterocycles. The van der Waals surface area contributed by atoms with Gasteiger partial charge in [-0.25, -0.2) is 9.78 Å². The van der Waals surface area contributed by atoms with Gasteiger partial charge in [0, 0.05) is 20.2 Å². The molecular formula is C24H36N2O5Si. The smallest absolute Gasteiger partial charge is 0.412 e. The van der Waals surface area contributed by atoms with E-state index in [0.29, 0.717) is 25.6 Å². The lowest BCUT2D eigenvalue weighted by atomic mass is 9.92. The molecule has 0 aliphatic carbocycles. The summed E-state index contributed by atoms with van der Waals surface area (Å²) in [6.45, 7) is 14.2. The van der Waals surface area contributed by atoms with Gasteiger partial charge in [-0.15, -0.1) is 0 Å². The van der Waals surface area contributed by atoms with Crippen molar-refractivity contribution in [2.24, 2.45) is 0 Å². The van der Waals surface area contributed by atoms with E-state index in [0.717, 1.165) is 29.2 Å². The summed E-state index contributed by atoms with van der Waals surface area (Å²) in [5.74, 6) is 0.598. The Balaban J connectivity index is 1.77. The van der Waals surface area contributed by atoms with Crippen molar-refractivity contribution in [3.05, 3.63) is 41.8 Å². The number of benzene rings is 1. The molecule has 8 heteroatoms. The van der Waals surface area contributed by atoms with Crippen LogP contribution in [0.15, 0.2) is 35.1 Å². The molecule has 1 aliphatic rings. The van der Waals surface area contributed by atoms with E-state index in [1.807, 2.05) is 39.0 Å². The molecule has 0 spiro atoms. The van der Waals surface area contributed by atoms with Crippen LogP contribution in [0.2, 0.25) is 25.7 Å². The Bertz CT molecular complexity index is 887. The number of aromatic nitrogens is 1. The SMILES string of the molecule is CC(C)(C)OC(=O)N(COCC[Si](C)(C)C)C[C@@H]1OCCc2c(-c3ncco3)cccc21. The first kappa shape index (κ1) is 24.5. The number of hydrogen-bond acceptors (Lipinski definition) is 6. The second kappa shape index (κ2) is 10.2.